The first-order valence-corrected chi connectivity index (χ1v) is 6.36. The summed E-state index contributed by atoms with van der Waals surface area (Å²) in [5.41, 5.74) is 0.0932. The molecule has 0 aliphatic carbocycles. The van der Waals surface area contributed by atoms with E-state index in [0.717, 1.165) is 6.07 Å². The highest BCUT2D eigenvalue weighted by molar-refractivity contribution is 9.10. The van der Waals surface area contributed by atoms with Gasteiger partial charge in [0.2, 0.25) is 0 Å². The van der Waals surface area contributed by atoms with Crippen LogP contribution in [0, 0.1) is 11.6 Å². The Morgan fingerprint density at radius 1 is 1.15 bits per heavy atom. The van der Waals surface area contributed by atoms with E-state index in [-0.39, 0.29) is 11.1 Å². The molecule has 1 N–H and O–H groups in total. The Morgan fingerprint density at radius 3 is 2.50 bits per heavy atom. The van der Waals surface area contributed by atoms with Crippen molar-refractivity contribution in [2.75, 3.05) is 0 Å². The van der Waals surface area contributed by atoms with Gasteiger partial charge in [-0.15, -0.1) is 0 Å². The second-order valence-corrected chi connectivity index (χ2v) is 4.84. The smallest absolute Gasteiger partial charge is 0.338 e. The molecule has 0 bridgehead atoms. The molecule has 6 heteroatoms. The van der Waals surface area contributed by atoms with Gasteiger partial charge in [0.15, 0.2) is 0 Å². The second kappa shape index (κ2) is 6.00. The Labute approximate surface area is 121 Å². The molecule has 0 aliphatic rings. The minimum atomic E-state index is -1.34. The van der Waals surface area contributed by atoms with Crippen molar-refractivity contribution in [2.24, 2.45) is 0 Å². The first-order valence-electron chi connectivity index (χ1n) is 5.57. The number of benzene rings is 2. The van der Waals surface area contributed by atoms with E-state index in [4.69, 9.17) is 9.84 Å². The van der Waals surface area contributed by atoms with E-state index in [2.05, 4.69) is 15.9 Å². The van der Waals surface area contributed by atoms with Crippen molar-refractivity contribution in [3.05, 3.63) is 63.6 Å². The number of rotatable bonds is 4. The molecule has 0 spiro atoms. The lowest BCUT2D eigenvalue weighted by molar-refractivity contribution is 0.0691. The van der Waals surface area contributed by atoms with Crippen molar-refractivity contribution >= 4 is 21.9 Å². The molecule has 0 fully saturated rings. The van der Waals surface area contributed by atoms with Crippen molar-refractivity contribution in [1.29, 1.82) is 0 Å². The van der Waals surface area contributed by atoms with Crippen molar-refractivity contribution in [1.82, 2.24) is 0 Å². The fourth-order valence-electron chi connectivity index (χ4n) is 1.56. The minimum absolute atomic E-state index is 0.0542. The fraction of sp³-hybridized carbons (Fsp3) is 0.0714. The third-order valence-corrected chi connectivity index (χ3v) is 3.17. The molecular formula is C14H9BrF2O3. The van der Waals surface area contributed by atoms with Crippen LogP contribution in [-0.2, 0) is 6.61 Å². The molecular weight excluding hydrogens is 334 g/mol. The number of halogens is 3. The molecule has 0 aromatic heterocycles. The number of aromatic carboxylic acids is 1. The van der Waals surface area contributed by atoms with Gasteiger partial charge in [-0.3, -0.25) is 0 Å². The van der Waals surface area contributed by atoms with Crippen molar-refractivity contribution in [3.63, 3.8) is 0 Å². The quantitative estimate of drug-likeness (QED) is 0.913. The summed E-state index contributed by atoms with van der Waals surface area (Å²) in [6.07, 6.45) is 0. The predicted molar refractivity (Wildman–Crippen MR) is 71.8 cm³/mol. The zero-order chi connectivity index (χ0) is 14.7. The zero-order valence-electron chi connectivity index (χ0n) is 10.1. The summed E-state index contributed by atoms with van der Waals surface area (Å²) in [6, 6.07) is 7.85. The average Bonchev–Trinajstić information content (AvgIpc) is 2.41. The summed E-state index contributed by atoms with van der Waals surface area (Å²) in [5.74, 6) is -2.13. The van der Waals surface area contributed by atoms with E-state index in [0.29, 0.717) is 11.3 Å². The molecule has 0 unspecified atom stereocenters. The molecule has 0 atom stereocenters. The van der Waals surface area contributed by atoms with Crippen LogP contribution < -0.4 is 4.74 Å². The van der Waals surface area contributed by atoms with Gasteiger partial charge in [0.25, 0.3) is 0 Å². The molecule has 0 aliphatic heterocycles. The Balaban J connectivity index is 2.12. The Kier molecular flexibility index (Phi) is 4.34. The summed E-state index contributed by atoms with van der Waals surface area (Å²) < 4.78 is 31.9. The van der Waals surface area contributed by atoms with Gasteiger partial charge in [0.05, 0.1) is 10.0 Å². The summed E-state index contributed by atoms with van der Waals surface area (Å²) in [6.45, 7) is 0.0542. The van der Waals surface area contributed by atoms with Crippen molar-refractivity contribution in [3.8, 4) is 5.75 Å². The molecule has 0 heterocycles. The maximum absolute atomic E-state index is 13.2. The molecule has 0 radical (unpaired) electrons. The van der Waals surface area contributed by atoms with Gasteiger partial charge in [-0.2, -0.15) is 0 Å². The highest BCUT2D eigenvalue weighted by Gasteiger charge is 2.11. The normalized spacial score (nSPS) is 10.3. The van der Waals surface area contributed by atoms with Crippen LogP contribution in [0.1, 0.15) is 15.9 Å². The lowest BCUT2D eigenvalue weighted by atomic mass is 10.1. The third kappa shape index (κ3) is 3.33. The molecule has 2 aromatic carbocycles. The molecule has 0 saturated heterocycles. The van der Waals surface area contributed by atoms with E-state index in [1.807, 2.05) is 0 Å². The van der Waals surface area contributed by atoms with Crippen LogP contribution in [0.25, 0.3) is 0 Å². The first-order chi connectivity index (χ1) is 9.47. The summed E-state index contributed by atoms with van der Waals surface area (Å²) in [5, 5.41) is 8.81. The van der Waals surface area contributed by atoms with Gasteiger partial charge in [0, 0.05) is 0 Å². The van der Waals surface area contributed by atoms with Crippen LogP contribution in [0.5, 0.6) is 5.75 Å². The lowest BCUT2D eigenvalue weighted by Gasteiger charge is -2.08. The van der Waals surface area contributed by atoms with E-state index in [1.54, 1.807) is 0 Å². The topological polar surface area (TPSA) is 46.5 Å². The third-order valence-electron chi connectivity index (χ3n) is 2.56. The molecule has 0 amide bonds. The average molecular weight is 343 g/mol. The first kappa shape index (κ1) is 14.5. The molecule has 3 nitrogen and oxygen atoms in total. The Hall–Kier alpha value is -1.95. The van der Waals surface area contributed by atoms with Gasteiger partial charge < -0.3 is 9.84 Å². The number of carboxylic acid groups (broad SMARTS) is 1. The molecule has 2 aromatic rings. The van der Waals surface area contributed by atoms with Gasteiger partial charge in [0.1, 0.15) is 24.0 Å². The van der Waals surface area contributed by atoms with Gasteiger partial charge in [-0.1, -0.05) is 6.07 Å². The summed E-state index contributed by atoms with van der Waals surface area (Å²) >= 11 is 3.03. The molecule has 20 heavy (non-hydrogen) atoms. The van der Waals surface area contributed by atoms with Crippen LogP contribution in [0.3, 0.4) is 0 Å². The van der Waals surface area contributed by atoms with Gasteiger partial charge >= 0.3 is 5.97 Å². The molecule has 104 valence electrons. The van der Waals surface area contributed by atoms with Crippen LogP contribution in [-0.4, -0.2) is 11.1 Å². The Morgan fingerprint density at radius 2 is 1.85 bits per heavy atom. The largest absolute Gasteiger partial charge is 0.489 e. The fourth-order valence-corrected chi connectivity index (χ4v) is 1.92. The standard InChI is InChI=1S/C14H9BrF2O3/c15-11-6-9(2-4-13(11)17)20-7-8-1-3-12(16)10(5-8)14(18)19/h1-6H,7H2,(H,18,19). The van der Waals surface area contributed by atoms with E-state index in [1.165, 1.54) is 30.3 Å². The van der Waals surface area contributed by atoms with Crippen LogP contribution in [0.4, 0.5) is 8.78 Å². The monoisotopic (exact) mass is 342 g/mol. The summed E-state index contributed by atoms with van der Waals surface area (Å²) in [4.78, 5) is 10.8. The lowest BCUT2D eigenvalue weighted by Crippen LogP contribution is -2.03. The van der Waals surface area contributed by atoms with Crippen LogP contribution in [0.15, 0.2) is 40.9 Å². The number of ether oxygens (including phenoxy) is 1. The maximum Gasteiger partial charge on any atom is 0.338 e. The van der Waals surface area contributed by atoms with Crippen molar-refractivity contribution in [2.45, 2.75) is 6.61 Å². The summed E-state index contributed by atoms with van der Waals surface area (Å²) in [7, 11) is 0. The number of hydrogen-bond donors (Lipinski definition) is 1. The van der Waals surface area contributed by atoms with Crippen LogP contribution in [0.2, 0.25) is 0 Å². The van der Waals surface area contributed by atoms with Crippen LogP contribution >= 0.6 is 15.9 Å². The maximum atomic E-state index is 13.2. The highest BCUT2D eigenvalue weighted by atomic mass is 79.9. The zero-order valence-corrected chi connectivity index (χ0v) is 11.7. The number of hydrogen-bond acceptors (Lipinski definition) is 2. The number of carboxylic acids is 1. The number of carbonyl (C=O) groups is 1. The van der Waals surface area contributed by atoms with Gasteiger partial charge in [-0.05, 0) is 51.8 Å². The molecule has 0 saturated carbocycles. The highest BCUT2D eigenvalue weighted by Crippen LogP contribution is 2.22. The van der Waals surface area contributed by atoms with Crippen molar-refractivity contribution < 1.29 is 23.4 Å². The van der Waals surface area contributed by atoms with Gasteiger partial charge in [-0.25, -0.2) is 13.6 Å². The molecule has 2 rings (SSSR count). The SMILES string of the molecule is O=C(O)c1cc(COc2ccc(F)c(Br)c2)ccc1F. The predicted octanol–water partition coefficient (Wildman–Crippen LogP) is 4.00. The van der Waals surface area contributed by atoms with E-state index in [9.17, 15) is 13.6 Å². The van der Waals surface area contributed by atoms with E-state index >= 15 is 0 Å². The Bertz CT molecular complexity index is 659. The van der Waals surface area contributed by atoms with E-state index < -0.39 is 23.2 Å². The minimum Gasteiger partial charge on any atom is -0.489 e. The second-order valence-electron chi connectivity index (χ2n) is 3.98.